The molecule has 3 aromatic rings. The van der Waals surface area contributed by atoms with E-state index >= 15 is 0 Å². The number of nitrogens with zero attached hydrogens (tertiary/aromatic N) is 4. The summed E-state index contributed by atoms with van der Waals surface area (Å²) in [5.74, 6) is 0.659. The average molecular weight is 641 g/mol. The van der Waals surface area contributed by atoms with Gasteiger partial charge >= 0.3 is 6.03 Å². The standard InChI is InChI=1S/C26H27Cl2N5O6S2/c1-40(35,36)18-4-2-16(3-5-18)23-30-24(31-39-23)26(8-9-26)22-20(27)14-17(15-21(22)28)29-25(34)32-10-12-33(13-11-32)41(37,38)19-6-7-19/h2-5,14-15,19H,6-13H2,1H3,(H,29,34). The number of rotatable bonds is 7. The number of amides is 2. The van der Waals surface area contributed by atoms with Gasteiger partial charge in [0.2, 0.25) is 10.0 Å². The largest absolute Gasteiger partial charge is 0.334 e. The minimum absolute atomic E-state index is 0.189. The molecule has 0 spiro atoms. The molecular weight excluding hydrogens is 613 g/mol. The first-order chi connectivity index (χ1) is 19.4. The Morgan fingerprint density at radius 3 is 2.15 bits per heavy atom. The van der Waals surface area contributed by atoms with E-state index in [1.54, 1.807) is 29.2 Å². The van der Waals surface area contributed by atoms with Crippen molar-refractivity contribution in [1.82, 2.24) is 19.3 Å². The van der Waals surface area contributed by atoms with Crippen molar-refractivity contribution in [3.05, 3.63) is 57.8 Å². The van der Waals surface area contributed by atoms with Crippen LogP contribution in [0.2, 0.25) is 10.0 Å². The smallest absolute Gasteiger partial charge is 0.321 e. The number of halogens is 2. The Morgan fingerprint density at radius 1 is 1.00 bits per heavy atom. The molecule has 41 heavy (non-hydrogen) atoms. The van der Waals surface area contributed by atoms with Crippen molar-refractivity contribution in [3.63, 3.8) is 0 Å². The summed E-state index contributed by atoms with van der Waals surface area (Å²) >= 11 is 13.4. The van der Waals surface area contributed by atoms with Gasteiger partial charge in [0, 0.05) is 59.3 Å². The molecule has 2 amide bonds. The number of sulfonamides is 1. The van der Waals surface area contributed by atoms with Gasteiger partial charge in [0.15, 0.2) is 15.7 Å². The fourth-order valence-electron chi connectivity index (χ4n) is 5.12. The zero-order chi connectivity index (χ0) is 29.2. The Bertz CT molecular complexity index is 1700. The molecule has 6 rings (SSSR count). The van der Waals surface area contributed by atoms with Gasteiger partial charge in [-0.15, -0.1) is 0 Å². The van der Waals surface area contributed by atoms with Gasteiger partial charge < -0.3 is 14.7 Å². The second-order valence-corrected chi connectivity index (χ2v) is 15.7. The van der Waals surface area contributed by atoms with E-state index in [9.17, 15) is 21.6 Å². The van der Waals surface area contributed by atoms with Gasteiger partial charge in [0.1, 0.15) is 0 Å². The van der Waals surface area contributed by atoms with Crippen molar-refractivity contribution < 1.29 is 26.2 Å². The number of piperazine rings is 1. The predicted molar refractivity (Wildman–Crippen MR) is 153 cm³/mol. The lowest BCUT2D eigenvalue weighted by atomic mass is 9.94. The van der Waals surface area contributed by atoms with Gasteiger partial charge in [-0.1, -0.05) is 28.4 Å². The molecule has 2 heterocycles. The number of carbonyl (C=O) groups excluding carboxylic acids is 1. The Balaban J connectivity index is 1.15. The van der Waals surface area contributed by atoms with Crippen molar-refractivity contribution in [2.24, 2.45) is 0 Å². The number of hydrogen-bond acceptors (Lipinski definition) is 8. The molecule has 1 N–H and O–H groups in total. The third-order valence-corrected chi connectivity index (χ3v) is 11.9. The maximum atomic E-state index is 12.9. The number of sulfone groups is 1. The first-order valence-corrected chi connectivity index (χ1v) is 17.2. The van der Waals surface area contributed by atoms with Gasteiger partial charge in [0.05, 0.1) is 15.6 Å². The first kappa shape index (κ1) is 28.4. The molecule has 1 aromatic heterocycles. The van der Waals surface area contributed by atoms with Crippen LogP contribution in [-0.4, -0.2) is 79.9 Å². The SMILES string of the molecule is CS(=O)(=O)c1ccc(-c2nc(C3(c4c(Cl)cc(NC(=O)N5CCN(S(=O)(=O)C6CC6)CC5)cc4Cl)CC3)no2)cc1. The highest BCUT2D eigenvalue weighted by Crippen LogP contribution is 2.57. The summed E-state index contributed by atoms with van der Waals surface area (Å²) in [6, 6.07) is 9.07. The van der Waals surface area contributed by atoms with Gasteiger partial charge in [-0.25, -0.2) is 21.6 Å². The van der Waals surface area contributed by atoms with Gasteiger partial charge in [-0.3, -0.25) is 0 Å². The van der Waals surface area contributed by atoms with Crippen molar-refractivity contribution in [1.29, 1.82) is 0 Å². The summed E-state index contributed by atoms with van der Waals surface area (Å²) in [6.45, 7) is 1.11. The van der Waals surface area contributed by atoms with E-state index in [2.05, 4.69) is 15.5 Å². The maximum Gasteiger partial charge on any atom is 0.321 e. The summed E-state index contributed by atoms with van der Waals surface area (Å²) in [5.41, 5.74) is 0.983. The van der Waals surface area contributed by atoms with Crippen LogP contribution in [0.15, 0.2) is 45.8 Å². The predicted octanol–water partition coefficient (Wildman–Crippen LogP) is 4.17. The van der Waals surface area contributed by atoms with Gasteiger partial charge in [-0.05, 0) is 62.1 Å². The number of urea groups is 1. The van der Waals surface area contributed by atoms with E-state index in [1.807, 2.05) is 0 Å². The summed E-state index contributed by atoms with van der Waals surface area (Å²) in [4.78, 5) is 19.2. The Labute approximate surface area is 247 Å². The number of benzene rings is 2. The van der Waals surface area contributed by atoms with Crippen LogP contribution in [0.25, 0.3) is 11.5 Å². The quantitative estimate of drug-likeness (QED) is 0.406. The third kappa shape index (κ3) is 5.45. The van der Waals surface area contributed by atoms with E-state index in [4.69, 9.17) is 27.7 Å². The molecule has 3 aliphatic rings. The summed E-state index contributed by atoms with van der Waals surface area (Å²) in [7, 11) is -6.59. The van der Waals surface area contributed by atoms with E-state index < -0.39 is 25.3 Å². The highest BCUT2D eigenvalue weighted by Gasteiger charge is 2.52. The minimum Gasteiger partial charge on any atom is -0.334 e. The molecular formula is C26H27Cl2N5O6S2. The monoisotopic (exact) mass is 639 g/mol. The molecule has 2 aliphatic carbocycles. The second kappa shape index (κ2) is 10.2. The maximum absolute atomic E-state index is 12.9. The van der Waals surface area contributed by atoms with Crippen LogP contribution in [0.1, 0.15) is 37.1 Å². The molecule has 1 aliphatic heterocycles. The summed E-state index contributed by atoms with van der Waals surface area (Å²) < 4.78 is 55.4. The average Bonchev–Trinajstić information content (AvgIpc) is 3.86. The van der Waals surface area contributed by atoms with Gasteiger partial charge in [0.25, 0.3) is 5.89 Å². The highest BCUT2D eigenvalue weighted by atomic mass is 35.5. The third-order valence-electron chi connectivity index (χ3n) is 7.74. The van der Waals surface area contributed by atoms with E-state index in [1.165, 1.54) is 16.4 Å². The molecule has 0 radical (unpaired) electrons. The Morgan fingerprint density at radius 2 is 1.61 bits per heavy atom. The van der Waals surface area contributed by atoms with Crippen LogP contribution in [0, 0.1) is 0 Å². The van der Waals surface area contributed by atoms with Gasteiger partial charge in [-0.2, -0.15) is 9.29 Å². The summed E-state index contributed by atoms with van der Waals surface area (Å²) in [6.07, 6.45) is 3.93. The molecule has 1 saturated heterocycles. The Kier molecular flexibility index (Phi) is 7.09. The second-order valence-electron chi connectivity index (χ2n) is 10.7. The molecule has 2 aromatic carbocycles. The van der Waals surface area contributed by atoms with Crippen molar-refractivity contribution in [2.45, 2.75) is 41.2 Å². The molecule has 3 fully saturated rings. The minimum atomic E-state index is -3.33. The summed E-state index contributed by atoms with van der Waals surface area (Å²) in [5, 5.41) is 7.41. The molecule has 11 nitrogen and oxygen atoms in total. The van der Waals surface area contributed by atoms with E-state index in [0.717, 1.165) is 6.26 Å². The van der Waals surface area contributed by atoms with E-state index in [0.29, 0.717) is 58.4 Å². The number of carbonyl (C=O) groups is 1. The van der Waals surface area contributed by atoms with Crippen LogP contribution in [0.4, 0.5) is 10.5 Å². The fourth-order valence-corrected chi connectivity index (χ4v) is 8.42. The lowest BCUT2D eigenvalue weighted by Crippen LogP contribution is -2.52. The number of aromatic nitrogens is 2. The zero-order valence-corrected chi connectivity index (χ0v) is 25.2. The Hall–Kier alpha value is -2.71. The highest BCUT2D eigenvalue weighted by molar-refractivity contribution is 7.90. The van der Waals surface area contributed by atoms with Crippen LogP contribution in [0.5, 0.6) is 0 Å². The molecule has 15 heteroatoms. The zero-order valence-electron chi connectivity index (χ0n) is 22.0. The van der Waals surface area contributed by atoms with Crippen LogP contribution in [0.3, 0.4) is 0 Å². The van der Waals surface area contributed by atoms with Crippen molar-refractivity contribution in [3.8, 4) is 11.5 Å². The molecule has 0 bridgehead atoms. The lowest BCUT2D eigenvalue weighted by molar-refractivity contribution is 0.184. The number of anilines is 1. The number of hydrogen-bond donors (Lipinski definition) is 1. The molecule has 0 atom stereocenters. The van der Waals surface area contributed by atoms with Crippen molar-refractivity contribution >= 4 is 54.8 Å². The van der Waals surface area contributed by atoms with E-state index in [-0.39, 0.29) is 48.2 Å². The molecule has 218 valence electrons. The van der Waals surface area contributed by atoms with Crippen LogP contribution >= 0.6 is 23.2 Å². The van der Waals surface area contributed by atoms with Crippen LogP contribution < -0.4 is 5.32 Å². The topological polar surface area (TPSA) is 143 Å². The number of nitrogens with one attached hydrogen (secondary N) is 1. The lowest BCUT2D eigenvalue weighted by Gasteiger charge is -2.34. The molecule has 0 unspecified atom stereocenters. The first-order valence-electron chi connectivity index (χ1n) is 13.1. The van der Waals surface area contributed by atoms with Crippen molar-refractivity contribution in [2.75, 3.05) is 37.8 Å². The fraction of sp³-hybridized carbons (Fsp3) is 0.423. The molecule has 2 saturated carbocycles. The van der Waals surface area contributed by atoms with Crippen LogP contribution in [-0.2, 0) is 25.3 Å². The normalized spacial score (nSPS) is 19.2.